The van der Waals surface area contributed by atoms with Crippen LogP contribution < -0.4 is 20.0 Å². The van der Waals surface area contributed by atoms with Crippen LogP contribution in [0.4, 0.5) is 17.1 Å². The number of thiocarbonyl (C=S) groups is 1. The second-order valence-corrected chi connectivity index (χ2v) is 11.4. The van der Waals surface area contributed by atoms with Crippen LogP contribution >= 0.6 is 31.0 Å². The molecule has 0 aromatic heterocycles. The van der Waals surface area contributed by atoms with Crippen molar-refractivity contribution in [2.75, 3.05) is 40.0 Å². The molecule has 3 aromatic rings. The number of anilines is 3. The molecule has 0 saturated carbocycles. The molecule has 0 amide bonds. The van der Waals surface area contributed by atoms with E-state index in [0.717, 1.165) is 37.5 Å². The highest BCUT2D eigenvalue weighted by Crippen LogP contribution is 2.61. The van der Waals surface area contributed by atoms with Gasteiger partial charge in [0.2, 0.25) is 0 Å². The molecule has 7 heteroatoms. The molecule has 4 nitrogen and oxygen atoms in total. The Morgan fingerprint density at radius 1 is 0.806 bits per heavy atom. The molecule has 0 atom stereocenters. The van der Waals surface area contributed by atoms with Gasteiger partial charge in [-0.1, -0.05) is 66.0 Å². The molecule has 1 aliphatic heterocycles. The van der Waals surface area contributed by atoms with Gasteiger partial charge in [0.1, 0.15) is 0 Å². The van der Waals surface area contributed by atoms with Crippen molar-refractivity contribution < 1.29 is 0 Å². The molecule has 0 radical (unpaired) electrons. The van der Waals surface area contributed by atoms with E-state index in [4.69, 9.17) is 12.2 Å². The van der Waals surface area contributed by atoms with E-state index in [9.17, 15) is 0 Å². The van der Waals surface area contributed by atoms with E-state index in [1.165, 1.54) is 11.4 Å². The molecule has 0 aliphatic carbocycles. The molecule has 31 heavy (non-hydrogen) atoms. The van der Waals surface area contributed by atoms with Gasteiger partial charge in [0, 0.05) is 42.4 Å². The summed E-state index contributed by atoms with van der Waals surface area (Å²) in [5.41, 5.74) is 3.64. The number of nitrogens with one attached hydrogen (secondary N) is 2. The minimum atomic E-state index is -0.489. The highest BCUT2D eigenvalue weighted by Gasteiger charge is 2.33. The Balaban J connectivity index is 1.31. The van der Waals surface area contributed by atoms with E-state index >= 15 is 0 Å². The number of hydrogen-bond acceptors (Lipinski definition) is 4. The molecule has 160 valence electrons. The molecule has 1 saturated heterocycles. The zero-order valence-electron chi connectivity index (χ0n) is 17.4. The van der Waals surface area contributed by atoms with Crippen LogP contribution in [0.3, 0.4) is 0 Å². The van der Waals surface area contributed by atoms with Gasteiger partial charge in [-0.2, -0.15) is 0 Å². The maximum atomic E-state index is 5.42. The summed E-state index contributed by atoms with van der Waals surface area (Å²) in [6.45, 7) is 2.98. The van der Waals surface area contributed by atoms with E-state index in [0.29, 0.717) is 5.11 Å². The van der Waals surface area contributed by atoms with E-state index < -0.39 is 7.42 Å². The topological polar surface area (TPSA) is 30.5 Å². The molecule has 3 aromatic carbocycles. The fraction of sp³-hybridized carbons (Fsp3) is 0.208. The summed E-state index contributed by atoms with van der Waals surface area (Å²) >= 11 is 7.48. The minimum Gasteiger partial charge on any atom is -0.362 e. The summed E-state index contributed by atoms with van der Waals surface area (Å²) in [4.78, 5) is 0. The fourth-order valence-electron chi connectivity index (χ4n) is 3.40. The molecule has 2 N–H and O–H groups in total. The molecule has 1 aliphatic rings. The Hall–Kier alpha value is -2.27. The van der Waals surface area contributed by atoms with Gasteiger partial charge >= 0.3 is 0 Å². The first-order chi connectivity index (χ1) is 15.3. The van der Waals surface area contributed by atoms with Gasteiger partial charge in [-0.05, 0) is 55.0 Å². The largest absolute Gasteiger partial charge is 0.362 e. The predicted octanol–water partition coefficient (Wildman–Crippen LogP) is 6.35. The Morgan fingerprint density at radius 2 is 1.32 bits per heavy atom. The van der Waals surface area contributed by atoms with Crippen LogP contribution in [0.1, 0.15) is 6.42 Å². The lowest BCUT2D eigenvalue weighted by atomic mass is 10.3. The molecule has 0 unspecified atom stereocenters. The molecular weight excluding hydrogens is 439 g/mol. The lowest BCUT2D eigenvalue weighted by Gasteiger charge is -2.31. The van der Waals surface area contributed by atoms with Crippen LogP contribution in [0.15, 0.2) is 91.0 Å². The van der Waals surface area contributed by atoms with Gasteiger partial charge in [-0.15, -0.1) is 0 Å². The summed E-state index contributed by atoms with van der Waals surface area (Å²) < 4.78 is 5.14. The highest BCUT2D eigenvalue weighted by atomic mass is 32.7. The van der Waals surface area contributed by atoms with Crippen molar-refractivity contribution in [3.05, 3.63) is 91.0 Å². The number of hydrogen-bond donors (Lipinski definition) is 2. The van der Waals surface area contributed by atoms with E-state index in [1.807, 2.05) is 30.3 Å². The standard InChI is InChI=1S/C24H27N4PS2/c30-24(26-21-11-4-1-5-12-21)25-17-10-20-31-29-27(22-13-6-2-7-14-22)18-19-28(29)23-15-8-3-9-16-23/h1-9,11-16H,10,17-20H2,(H2,25,26,30). The third-order valence-electron chi connectivity index (χ3n) is 4.89. The highest BCUT2D eigenvalue weighted by molar-refractivity contribution is 8.56. The molecule has 1 fully saturated rings. The first-order valence-electron chi connectivity index (χ1n) is 10.5. The first kappa shape index (κ1) is 21.9. The summed E-state index contributed by atoms with van der Waals surface area (Å²) in [7, 11) is -0.489. The Labute approximate surface area is 195 Å². The van der Waals surface area contributed by atoms with Crippen molar-refractivity contribution in [3.8, 4) is 0 Å². The van der Waals surface area contributed by atoms with Gasteiger partial charge in [0.25, 0.3) is 0 Å². The molecule has 4 rings (SSSR count). The third kappa shape index (κ3) is 6.13. The van der Waals surface area contributed by atoms with Gasteiger partial charge in [-0.25, -0.2) is 0 Å². The van der Waals surface area contributed by atoms with E-state index in [2.05, 4.69) is 92.0 Å². The number of rotatable bonds is 8. The first-order valence-corrected chi connectivity index (χ1v) is 13.7. The summed E-state index contributed by atoms with van der Waals surface area (Å²) in [6, 6.07) is 31.6. The minimum absolute atomic E-state index is 0.489. The zero-order chi connectivity index (χ0) is 21.3. The van der Waals surface area contributed by atoms with Crippen molar-refractivity contribution in [2.24, 2.45) is 0 Å². The zero-order valence-corrected chi connectivity index (χ0v) is 19.9. The van der Waals surface area contributed by atoms with Crippen molar-refractivity contribution in [1.82, 2.24) is 5.32 Å². The second-order valence-electron chi connectivity index (χ2n) is 7.10. The van der Waals surface area contributed by atoms with Crippen molar-refractivity contribution in [2.45, 2.75) is 6.42 Å². The van der Waals surface area contributed by atoms with Crippen molar-refractivity contribution in [1.29, 1.82) is 0 Å². The predicted molar refractivity (Wildman–Crippen MR) is 142 cm³/mol. The van der Waals surface area contributed by atoms with Gasteiger partial charge in [0.15, 0.2) is 12.5 Å². The van der Waals surface area contributed by atoms with Crippen LogP contribution in [0.5, 0.6) is 0 Å². The van der Waals surface area contributed by atoms with Crippen LogP contribution in [0.2, 0.25) is 0 Å². The van der Waals surface area contributed by atoms with E-state index in [-0.39, 0.29) is 0 Å². The van der Waals surface area contributed by atoms with Crippen molar-refractivity contribution >= 4 is 53.2 Å². The molecular formula is C24H27N4PS2. The third-order valence-corrected chi connectivity index (χ3v) is 9.95. The quantitative estimate of drug-likeness (QED) is 0.229. The Bertz CT molecular complexity index is 896. The maximum Gasteiger partial charge on any atom is 0.170 e. The van der Waals surface area contributed by atoms with E-state index in [1.54, 1.807) is 0 Å². The fourth-order valence-corrected chi connectivity index (χ4v) is 8.55. The Morgan fingerprint density at radius 3 is 1.87 bits per heavy atom. The van der Waals surface area contributed by atoms with Crippen LogP contribution in [0.25, 0.3) is 0 Å². The lowest BCUT2D eigenvalue weighted by molar-refractivity contribution is 0.856. The maximum absolute atomic E-state index is 5.42. The molecule has 1 heterocycles. The van der Waals surface area contributed by atoms with Gasteiger partial charge < -0.3 is 20.0 Å². The van der Waals surface area contributed by atoms with Crippen LogP contribution in [-0.2, 0) is 0 Å². The van der Waals surface area contributed by atoms with Crippen LogP contribution in [0, 0.1) is 0 Å². The normalized spacial score (nSPS) is 13.9. The smallest absolute Gasteiger partial charge is 0.170 e. The molecule has 0 bridgehead atoms. The van der Waals surface area contributed by atoms with Gasteiger partial charge in [0.05, 0.1) is 0 Å². The number of para-hydroxylation sites is 3. The Kier molecular flexibility index (Phi) is 8.05. The summed E-state index contributed by atoms with van der Waals surface area (Å²) in [5, 5.41) is 7.24. The monoisotopic (exact) mass is 466 g/mol. The average Bonchev–Trinajstić information content (AvgIpc) is 3.24. The second kappa shape index (κ2) is 11.4. The number of benzene rings is 3. The SMILES string of the molecule is S=C(NCCCSP1N(c2ccccc2)CCN1c1ccccc1)Nc1ccccc1. The van der Waals surface area contributed by atoms with Crippen molar-refractivity contribution in [3.63, 3.8) is 0 Å². The number of nitrogens with zero attached hydrogens (tertiary/aromatic N) is 2. The molecule has 0 spiro atoms. The summed E-state index contributed by atoms with van der Waals surface area (Å²) in [5.74, 6) is 1.08. The lowest BCUT2D eigenvalue weighted by Crippen LogP contribution is -2.29. The summed E-state index contributed by atoms with van der Waals surface area (Å²) in [6.07, 6.45) is 1.06. The van der Waals surface area contributed by atoms with Crippen LogP contribution in [-0.4, -0.2) is 30.5 Å². The average molecular weight is 467 g/mol. The van der Waals surface area contributed by atoms with Gasteiger partial charge in [-0.3, -0.25) is 0 Å².